The van der Waals surface area contributed by atoms with Gasteiger partial charge in [0.25, 0.3) is 0 Å². The van der Waals surface area contributed by atoms with Gasteiger partial charge in [-0.2, -0.15) is 0 Å². The first-order valence-electron chi connectivity index (χ1n) is 6.60. The third-order valence-electron chi connectivity index (χ3n) is 3.15. The summed E-state index contributed by atoms with van der Waals surface area (Å²) >= 11 is 0. The Hall–Kier alpha value is -1.43. The molecule has 0 amide bonds. The van der Waals surface area contributed by atoms with Crippen LogP contribution >= 0.6 is 0 Å². The van der Waals surface area contributed by atoms with Crippen molar-refractivity contribution >= 4 is 0 Å². The van der Waals surface area contributed by atoms with Crippen LogP contribution in [-0.4, -0.2) is 47.8 Å². The van der Waals surface area contributed by atoms with Crippen molar-refractivity contribution in [1.29, 1.82) is 0 Å². The number of nitrogens with zero attached hydrogens (tertiary/aromatic N) is 2. The lowest BCUT2D eigenvalue weighted by molar-refractivity contribution is 0.0342. The van der Waals surface area contributed by atoms with Crippen LogP contribution in [0.2, 0.25) is 0 Å². The number of aliphatic hydroxyl groups is 1. The first kappa shape index (κ1) is 14.0. The van der Waals surface area contributed by atoms with E-state index in [0.717, 1.165) is 38.5 Å². The monoisotopic (exact) mass is 263 g/mol. The second-order valence-corrected chi connectivity index (χ2v) is 4.65. The standard InChI is InChI=1S/C14H21N3O2/c15-10-14(18)2-1-13-9-12(3-4-16-13)11-17-5-7-19-8-6-17/h2-4,9,18H,1,5-8,10-11,15H2. The topological polar surface area (TPSA) is 71.6 Å². The zero-order valence-corrected chi connectivity index (χ0v) is 11.1. The zero-order valence-electron chi connectivity index (χ0n) is 11.1. The van der Waals surface area contributed by atoms with E-state index in [1.54, 1.807) is 6.08 Å². The van der Waals surface area contributed by atoms with Gasteiger partial charge in [0.1, 0.15) is 5.76 Å². The van der Waals surface area contributed by atoms with Crippen LogP contribution in [0.5, 0.6) is 0 Å². The lowest BCUT2D eigenvalue weighted by atomic mass is 10.1. The highest BCUT2D eigenvalue weighted by molar-refractivity contribution is 5.18. The van der Waals surface area contributed by atoms with Crippen molar-refractivity contribution in [2.75, 3.05) is 32.8 Å². The van der Waals surface area contributed by atoms with Gasteiger partial charge in [-0.15, -0.1) is 0 Å². The molecule has 1 aliphatic heterocycles. The zero-order chi connectivity index (χ0) is 13.5. The quantitative estimate of drug-likeness (QED) is 0.771. The van der Waals surface area contributed by atoms with Crippen LogP contribution in [0, 0.1) is 0 Å². The molecular formula is C14H21N3O2. The third-order valence-corrected chi connectivity index (χ3v) is 3.15. The molecule has 104 valence electrons. The summed E-state index contributed by atoms with van der Waals surface area (Å²) < 4.78 is 5.34. The van der Waals surface area contributed by atoms with E-state index < -0.39 is 0 Å². The van der Waals surface area contributed by atoms with E-state index >= 15 is 0 Å². The maximum atomic E-state index is 9.34. The van der Waals surface area contributed by atoms with E-state index in [4.69, 9.17) is 10.5 Å². The van der Waals surface area contributed by atoms with Gasteiger partial charge < -0.3 is 15.6 Å². The SMILES string of the molecule is NCC(O)=CCc1cc(CN2CCOCC2)ccn1. The fraction of sp³-hybridized carbons (Fsp3) is 0.500. The molecule has 1 saturated heterocycles. The van der Waals surface area contributed by atoms with Crippen molar-refractivity contribution in [1.82, 2.24) is 9.88 Å². The van der Waals surface area contributed by atoms with Gasteiger partial charge >= 0.3 is 0 Å². The van der Waals surface area contributed by atoms with Gasteiger partial charge in [-0.05, 0) is 23.8 Å². The highest BCUT2D eigenvalue weighted by Gasteiger charge is 2.10. The highest BCUT2D eigenvalue weighted by Crippen LogP contribution is 2.09. The Balaban J connectivity index is 1.94. The van der Waals surface area contributed by atoms with Crippen LogP contribution in [0.3, 0.4) is 0 Å². The van der Waals surface area contributed by atoms with Crippen molar-refractivity contribution in [3.63, 3.8) is 0 Å². The van der Waals surface area contributed by atoms with E-state index in [2.05, 4.69) is 16.0 Å². The summed E-state index contributed by atoms with van der Waals surface area (Å²) in [7, 11) is 0. The average Bonchev–Trinajstić information content (AvgIpc) is 2.46. The molecule has 2 rings (SSSR count). The fourth-order valence-electron chi connectivity index (χ4n) is 2.06. The molecule has 0 bridgehead atoms. The molecule has 5 heteroatoms. The van der Waals surface area contributed by atoms with E-state index in [1.807, 2.05) is 12.3 Å². The Morgan fingerprint density at radius 3 is 3.00 bits per heavy atom. The van der Waals surface area contributed by atoms with Crippen molar-refractivity contribution in [3.8, 4) is 0 Å². The average molecular weight is 263 g/mol. The van der Waals surface area contributed by atoms with Crippen LogP contribution < -0.4 is 5.73 Å². The molecule has 0 spiro atoms. The molecule has 2 heterocycles. The Morgan fingerprint density at radius 2 is 2.26 bits per heavy atom. The predicted octanol–water partition coefficient (Wildman–Crippen LogP) is 0.857. The Labute approximate surface area is 113 Å². The first-order valence-corrected chi connectivity index (χ1v) is 6.60. The van der Waals surface area contributed by atoms with E-state index in [1.165, 1.54) is 5.56 Å². The number of nitrogens with two attached hydrogens (primary N) is 1. The summed E-state index contributed by atoms with van der Waals surface area (Å²) in [5.41, 5.74) is 7.53. The number of pyridine rings is 1. The summed E-state index contributed by atoms with van der Waals surface area (Å²) in [6.07, 6.45) is 4.14. The molecule has 19 heavy (non-hydrogen) atoms. The molecule has 0 radical (unpaired) electrons. The maximum Gasteiger partial charge on any atom is 0.102 e. The normalized spacial score (nSPS) is 17.6. The highest BCUT2D eigenvalue weighted by atomic mass is 16.5. The molecule has 0 aromatic carbocycles. The van der Waals surface area contributed by atoms with Gasteiger partial charge in [-0.3, -0.25) is 9.88 Å². The molecule has 0 unspecified atom stereocenters. The van der Waals surface area contributed by atoms with Crippen molar-refractivity contribution in [2.24, 2.45) is 5.73 Å². The van der Waals surface area contributed by atoms with Gasteiger partial charge in [0.2, 0.25) is 0 Å². The Morgan fingerprint density at radius 1 is 1.47 bits per heavy atom. The molecule has 1 aromatic rings. The van der Waals surface area contributed by atoms with Crippen molar-refractivity contribution in [3.05, 3.63) is 41.4 Å². The molecule has 3 N–H and O–H groups in total. The number of allylic oxidation sites excluding steroid dienone is 1. The van der Waals surface area contributed by atoms with E-state index in [9.17, 15) is 5.11 Å². The number of aliphatic hydroxyl groups excluding tert-OH is 1. The summed E-state index contributed by atoms with van der Waals surface area (Å²) in [5, 5.41) is 9.34. The largest absolute Gasteiger partial charge is 0.511 e. The number of morpholine rings is 1. The second kappa shape index (κ2) is 7.23. The van der Waals surface area contributed by atoms with Crippen LogP contribution in [0.15, 0.2) is 30.2 Å². The molecule has 0 aliphatic carbocycles. The van der Waals surface area contributed by atoms with Crippen molar-refractivity contribution < 1.29 is 9.84 Å². The first-order chi connectivity index (χ1) is 9.28. The molecule has 1 aliphatic rings. The second-order valence-electron chi connectivity index (χ2n) is 4.65. The molecule has 0 atom stereocenters. The van der Waals surface area contributed by atoms with E-state index in [0.29, 0.717) is 6.42 Å². The molecule has 0 saturated carbocycles. The summed E-state index contributed by atoms with van der Waals surface area (Å²) in [6.45, 7) is 4.67. The lowest BCUT2D eigenvalue weighted by Gasteiger charge is -2.26. The van der Waals surface area contributed by atoms with Crippen molar-refractivity contribution in [2.45, 2.75) is 13.0 Å². The van der Waals surface area contributed by atoms with Gasteiger partial charge in [-0.1, -0.05) is 0 Å². The van der Waals surface area contributed by atoms with E-state index in [-0.39, 0.29) is 12.3 Å². The van der Waals surface area contributed by atoms with Gasteiger partial charge in [0.05, 0.1) is 19.8 Å². The molecule has 1 fully saturated rings. The lowest BCUT2D eigenvalue weighted by Crippen LogP contribution is -2.35. The minimum Gasteiger partial charge on any atom is -0.511 e. The number of hydrogen-bond donors (Lipinski definition) is 2. The third kappa shape index (κ3) is 4.63. The minimum absolute atomic E-state index is 0.174. The predicted molar refractivity (Wildman–Crippen MR) is 73.8 cm³/mol. The van der Waals surface area contributed by atoms with Crippen LogP contribution in [-0.2, 0) is 17.7 Å². The van der Waals surface area contributed by atoms with Crippen LogP contribution in [0.4, 0.5) is 0 Å². The van der Waals surface area contributed by atoms with Gasteiger partial charge in [-0.25, -0.2) is 0 Å². The fourth-order valence-corrected chi connectivity index (χ4v) is 2.06. The minimum atomic E-state index is 0.174. The molecular weight excluding hydrogens is 242 g/mol. The Bertz CT molecular complexity index is 428. The summed E-state index contributed by atoms with van der Waals surface area (Å²) in [6, 6.07) is 4.11. The number of hydrogen-bond acceptors (Lipinski definition) is 5. The van der Waals surface area contributed by atoms with Gasteiger partial charge in [0, 0.05) is 37.9 Å². The number of rotatable bonds is 5. The maximum absolute atomic E-state index is 9.34. The van der Waals surface area contributed by atoms with Crippen LogP contribution in [0.1, 0.15) is 11.3 Å². The number of ether oxygens (including phenoxy) is 1. The molecule has 1 aromatic heterocycles. The summed E-state index contributed by atoms with van der Waals surface area (Å²) in [4.78, 5) is 6.67. The van der Waals surface area contributed by atoms with Gasteiger partial charge in [0.15, 0.2) is 0 Å². The number of aromatic nitrogens is 1. The summed E-state index contributed by atoms with van der Waals surface area (Å²) in [5.74, 6) is 0.209. The smallest absolute Gasteiger partial charge is 0.102 e. The Kier molecular flexibility index (Phi) is 5.32. The van der Waals surface area contributed by atoms with Crippen LogP contribution in [0.25, 0.3) is 0 Å². The molecule has 5 nitrogen and oxygen atoms in total.